The Hall–Kier alpha value is -0.280. The lowest BCUT2D eigenvalue weighted by molar-refractivity contribution is -0.577. The Kier molecular flexibility index (Phi) is 5.82. The molecule has 5 fully saturated rings. The second-order valence-corrected chi connectivity index (χ2v) is 8.75. The zero-order valence-corrected chi connectivity index (χ0v) is 17.0. The summed E-state index contributed by atoms with van der Waals surface area (Å²) in [5, 5.41) is 0. The van der Waals surface area contributed by atoms with Crippen molar-refractivity contribution in [2.24, 2.45) is 23.7 Å². The topological polar surface area (TPSA) is 64.6 Å². The molecule has 4 aliphatic heterocycles. The molecule has 0 amide bonds. The summed E-state index contributed by atoms with van der Waals surface area (Å²) in [4.78, 5) is 12.0. The van der Waals surface area contributed by atoms with Gasteiger partial charge in [-0.25, -0.2) is 9.78 Å². The molecular weight excluding hydrogens is 352 g/mol. The largest absolute Gasteiger partial charge is 0.382 e. The van der Waals surface area contributed by atoms with E-state index in [1.54, 1.807) is 7.11 Å². The van der Waals surface area contributed by atoms with Crippen LogP contribution in [0.2, 0.25) is 0 Å². The van der Waals surface area contributed by atoms with E-state index in [-0.39, 0.29) is 12.2 Å². The van der Waals surface area contributed by atoms with Crippen LogP contribution in [0.5, 0.6) is 0 Å². The van der Waals surface area contributed by atoms with Crippen LogP contribution in [0.15, 0.2) is 0 Å². The van der Waals surface area contributed by atoms with Crippen LogP contribution in [0.25, 0.3) is 0 Å². The lowest BCUT2D eigenvalue weighted by atomic mass is 9.58. The number of ether oxygens (including phenoxy) is 5. The Bertz CT molecular complexity index is 517. The smallest absolute Gasteiger partial charge is 0.201 e. The fourth-order valence-corrected chi connectivity index (χ4v) is 5.53. The molecular formula is C20H34O7. The summed E-state index contributed by atoms with van der Waals surface area (Å²) in [6, 6.07) is 0. The molecule has 0 aromatic carbocycles. The Labute approximate surface area is 161 Å². The maximum atomic E-state index is 6.36. The molecule has 1 spiro atoms. The summed E-state index contributed by atoms with van der Waals surface area (Å²) in [6.07, 6.45) is 3.36. The zero-order valence-electron chi connectivity index (χ0n) is 17.0. The van der Waals surface area contributed by atoms with E-state index in [1.807, 2.05) is 6.92 Å². The van der Waals surface area contributed by atoms with Crippen molar-refractivity contribution < 1.29 is 33.5 Å². The molecule has 27 heavy (non-hydrogen) atoms. The van der Waals surface area contributed by atoms with E-state index in [0.717, 1.165) is 19.3 Å². The van der Waals surface area contributed by atoms with Gasteiger partial charge in [0.05, 0.1) is 26.4 Å². The first-order valence-corrected chi connectivity index (χ1v) is 10.4. The van der Waals surface area contributed by atoms with E-state index in [9.17, 15) is 0 Å². The summed E-state index contributed by atoms with van der Waals surface area (Å²) in [7, 11) is 1.66. The van der Waals surface area contributed by atoms with Crippen molar-refractivity contribution >= 4 is 0 Å². The van der Waals surface area contributed by atoms with Crippen molar-refractivity contribution in [1.29, 1.82) is 0 Å². The molecule has 0 radical (unpaired) electrons. The summed E-state index contributed by atoms with van der Waals surface area (Å²) in [5.41, 5.74) is -0.526. The van der Waals surface area contributed by atoms with E-state index in [0.29, 0.717) is 44.2 Å². The Morgan fingerprint density at radius 1 is 0.963 bits per heavy atom. The second kappa shape index (κ2) is 7.86. The van der Waals surface area contributed by atoms with Crippen molar-refractivity contribution in [3.63, 3.8) is 0 Å². The van der Waals surface area contributed by atoms with Gasteiger partial charge in [0.1, 0.15) is 0 Å². The average molecular weight is 386 g/mol. The van der Waals surface area contributed by atoms with Gasteiger partial charge in [0, 0.05) is 25.4 Å². The minimum Gasteiger partial charge on any atom is -0.382 e. The molecule has 2 bridgehead atoms. The molecule has 0 aromatic heterocycles. The molecule has 7 nitrogen and oxygen atoms in total. The normalized spacial score (nSPS) is 48.9. The van der Waals surface area contributed by atoms with Crippen LogP contribution < -0.4 is 0 Å². The van der Waals surface area contributed by atoms with Gasteiger partial charge in [-0.2, -0.15) is 0 Å². The van der Waals surface area contributed by atoms with E-state index in [2.05, 4.69) is 13.8 Å². The van der Waals surface area contributed by atoms with Crippen LogP contribution in [-0.2, 0) is 33.5 Å². The molecule has 1 saturated carbocycles. The highest BCUT2D eigenvalue weighted by Crippen LogP contribution is 2.60. The van der Waals surface area contributed by atoms with Gasteiger partial charge < -0.3 is 23.7 Å². The van der Waals surface area contributed by atoms with Crippen molar-refractivity contribution in [2.75, 3.05) is 33.5 Å². The van der Waals surface area contributed by atoms with Crippen molar-refractivity contribution in [3.8, 4) is 0 Å². The highest BCUT2D eigenvalue weighted by molar-refractivity contribution is 5.09. The number of hydrogen-bond donors (Lipinski definition) is 0. The summed E-state index contributed by atoms with van der Waals surface area (Å²) >= 11 is 0. The van der Waals surface area contributed by atoms with Crippen molar-refractivity contribution in [3.05, 3.63) is 0 Å². The molecule has 5 aliphatic rings. The second-order valence-electron chi connectivity index (χ2n) is 8.75. The van der Waals surface area contributed by atoms with Gasteiger partial charge in [0.15, 0.2) is 18.2 Å². The Morgan fingerprint density at radius 3 is 2.59 bits per heavy atom. The van der Waals surface area contributed by atoms with E-state index < -0.39 is 17.7 Å². The van der Waals surface area contributed by atoms with Gasteiger partial charge in [0.25, 0.3) is 0 Å². The fourth-order valence-electron chi connectivity index (χ4n) is 5.53. The maximum Gasteiger partial charge on any atom is 0.201 e. The lowest BCUT2D eigenvalue weighted by Gasteiger charge is -2.60. The van der Waals surface area contributed by atoms with Crippen LogP contribution in [0, 0.1) is 23.7 Å². The van der Waals surface area contributed by atoms with E-state index >= 15 is 0 Å². The quantitative estimate of drug-likeness (QED) is 0.492. The molecule has 0 aromatic rings. The summed E-state index contributed by atoms with van der Waals surface area (Å²) in [5.74, 6) is 0.695. The molecule has 0 N–H and O–H groups in total. The van der Waals surface area contributed by atoms with Gasteiger partial charge in [0.2, 0.25) is 5.79 Å². The Morgan fingerprint density at radius 2 is 1.78 bits per heavy atom. The SMILES string of the molecule is COCCOCCO[C@H]1O[C@@H]2O[C@]3(C)CC[C@H]4[C@H](C)CC[C@@H]([C@H]1C)[C@@]24OO3. The molecule has 1 aliphatic carbocycles. The predicted octanol–water partition coefficient (Wildman–Crippen LogP) is 2.87. The minimum absolute atomic E-state index is 0.199. The summed E-state index contributed by atoms with van der Waals surface area (Å²) in [6.45, 7) is 8.63. The van der Waals surface area contributed by atoms with Gasteiger partial charge in [-0.3, -0.25) is 0 Å². The van der Waals surface area contributed by atoms with Crippen LogP contribution in [0.1, 0.15) is 46.5 Å². The predicted molar refractivity (Wildman–Crippen MR) is 95.5 cm³/mol. The van der Waals surface area contributed by atoms with Gasteiger partial charge in [-0.05, 0) is 38.0 Å². The van der Waals surface area contributed by atoms with Gasteiger partial charge in [-0.1, -0.05) is 13.8 Å². The number of methoxy groups -OCH3 is 1. The molecule has 8 atom stereocenters. The van der Waals surface area contributed by atoms with Crippen LogP contribution in [0.3, 0.4) is 0 Å². The third-order valence-corrected chi connectivity index (χ3v) is 7.04. The zero-order chi connectivity index (χ0) is 19.1. The monoisotopic (exact) mass is 386 g/mol. The minimum atomic E-state index is -0.744. The first-order chi connectivity index (χ1) is 13.0. The average Bonchev–Trinajstić information content (AvgIpc) is 2.88. The van der Waals surface area contributed by atoms with Crippen molar-refractivity contribution in [2.45, 2.75) is 70.4 Å². The summed E-state index contributed by atoms with van der Waals surface area (Å²) < 4.78 is 29.2. The van der Waals surface area contributed by atoms with Crippen LogP contribution in [0.4, 0.5) is 0 Å². The molecule has 5 rings (SSSR count). The molecule has 4 heterocycles. The highest BCUT2D eigenvalue weighted by atomic mass is 17.3. The van der Waals surface area contributed by atoms with E-state index in [4.69, 9.17) is 33.5 Å². The third kappa shape index (κ3) is 3.45. The number of rotatable bonds is 7. The van der Waals surface area contributed by atoms with E-state index in [1.165, 1.54) is 6.42 Å². The lowest BCUT2D eigenvalue weighted by Crippen LogP contribution is -2.70. The molecule has 7 heteroatoms. The molecule has 0 unspecified atom stereocenters. The molecule has 156 valence electrons. The van der Waals surface area contributed by atoms with Gasteiger partial charge >= 0.3 is 0 Å². The van der Waals surface area contributed by atoms with Gasteiger partial charge in [-0.15, -0.1) is 0 Å². The molecule has 4 saturated heterocycles. The van der Waals surface area contributed by atoms with Crippen molar-refractivity contribution in [1.82, 2.24) is 0 Å². The third-order valence-electron chi connectivity index (χ3n) is 7.04. The first-order valence-electron chi connectivity index (χ1n) is 10.4. The number of hydrogen-bond acceptors (Lipinski definition) is 7. The first kappa shape index (κ1) is 20.0. The van der Waals surface area contributed by atoms with Crippen LogP contribution in [-0.4, -0.2) is 57.5 Å². The maximum absolute atomic E-state index is 6.36. The number of fused-ring (bicyclic) bond motifs is 2. The standard InChI is InChI=1S/C20H34O7/c1-13-5-6-16-14(2)17(23-12-11-22-10-9-21-4)24-18-20(16)15(13)7-8-19(3,25-18)26-27-20/h13-18H,5-12H2,1-4H3/t13-,14-,15+,16+,17+,18-,19+,20-/m1/s1. The highest BCUT2D eigenvalue weighted by Gasteiger charge is 2.69. The van der Waals surface area contributed by atoms with Crippen LogP contribution >= 0.6 is 0 Å². The Balaban J connectivity index is 1.47. The fraction of sp³-hybridized carbons (Fsp3) is 1.00.